The van der Waals surface area contributed by atoms with Crippen molar-refractivity contribution in [1.82, 2.24) is 40.3 Å². The molecular formula is C25H32FN9O2. The van der Waals surface area contributed by atoms with Gasteiger partial charge in [0.15, 0.2) is 11.3 Å². The van der Waals surface area contributed by atoms with E-state index in [1.54, 1.807) is 17.1 Å². The first-order chi connectivity index (χ1) is 17.6. The molecule has 5 rings (SSSR count). The zero-order valence-electron chi connectivity index (χ0n) is 21.5. The van der Waals surface area contributed by atoms with Crippen LogP contribution >= 0.6 is 0 Å². The van der Waals surface area contributed by atoms with Crippen LogP contribution in [0.3, 0.4) is 0 Å². The summed E-state index contributed by atoms with van der Waals surface area (Å²) in [6, 6.07) is -0.871. The van der Waals surface area contributed by atoms with E-state index in [0.29, 0.717) is 35.8 Å². The lowest BCUT2D eigenvalue weighted by molar-refractivity contribution is -0.135. The van der Waals surface area contributed by atoms with Gasteiger partial charge in [0.1, 0.15) is 17.4 Å². The first-order valence-corrected chi connectivity index (χ1v) is 12.5. The number of likely N-dealkylation sites (tertiary alicyclic amines) is 1. The largest absolute Gasteiger partial charge is 0.369 e. The van der Waals surface area contributed by atoms with E-state index in [1.807, 2.05) is 33.9 Å². The Balaban J connectivity index is 1.37. The number of carbonyl (C=O) groups excluding carboxylic acids is 2. The van der Waals surface area contributed by atoms with Crippen molar-refractivity contribution in [2.75, 3.05) is 26.2 Å². The first kappa shape index (κ1) is 24.8. The van der Waals surface area contributed by atoms with E-state index in [-0.39, 0.29) is 31.0 Å². The topological polar surface area (TPSA) is 133 Å². The highest BCUT2D eigenvalue weighted by molar-refractivity contribution is 6.06. The fourth-order valence-corrected chi connectivity index (χ4v) is 4.76. The minimum Gasteiger partial charge on any atom is -0.369 e. The molecule has 12 heteroatoms. The molecule has 2 aliphatic heterocycles. The third-order valence-corrected chi connectivity index (χ3v) is 6.90. The third kappa shape index (κ3) is 4.67. The summed E-state index contributed by atoms with van der Waals surface area (Å²) in [7, 11) is 0. The van der Waals surface area contributed by atoms with Gasteiger partial charge in [-0.1, -0.05) is 20.8 Å². The Morgan fingerprint density at radius 3 is 2.78 bits per heavy atom. The molecule has 0 radical (unpaired) electrons. The van der Waals surface area contributed by atoms with Crippen LogP contribution < -0.4 is 10.6 Å². The molecule has 1 saturated heterocycles. The smallest absolute Gasteiger partial charge is 0.255 e. The van der Waals surface area contributed by atoms with Crippen molar-refractivity contribution < 1.29 is 14.0 Å². The fourth-order valence-electron chi connectivity index (χ4n) is 4.76. The number of aromatic amines is 1. The Labute approximate surface area is 213 Å². The Hall–Kier alpha value is -3.83. The molecule has 5 heterocycles. The van der Waals surface area contributed by atoms with Crippen LogP contribution in [0.25, 0.3) is 22.4 Å². The first-order valence-electron chi connectivity index (χ1n) is 12.5. The van der Waals surface area contributed by atoms with Gasteiger partial charge in [0.2, 0.25) is 5.91 Å². The summed E-state index contributed by atoms with van der Waals surface area (Å²) in [5, 5.41) is 10.2. The summed E-state index contributed by atoms with van der Waals surface area (Å²) in [6.45, 7) is 9.63. The van der Waals surface area contributed by atoms with Crippen LogP contribution in [-0.2, 0) is 11.3 Å². The van der Waals surface area contributed by atoms with E-state index in [1.165, 1.54) is 11.1 Å². The Morgan fingerprint density at radius 1 is 1.30 bits per heavy atom. The van der Waals surface area contributed by atoms with Crippen LogP contribution in [0, 0.1) is 5.41 Å². The Morgan fingerprint density at radius 2 is 2.11 bits per heavy atom. The van der Waals surface area contributed by atoms with Crippen LogP contribution in [0.15, 0.2) is 29.8 Å². The molecule has 3 N–H and O–H groups in total. The molecule has 0 spiro atoms. The number of hydrogen-bond acceptors (Lipinski definition) is 7. The van der Waals surface area contributed by atoms with Crippen LogP contribution in [0.1, 0.15) is 44.5 Å². The third-order valence-electron chi connectivity index (χ3n) is 6.90. The summed E-state index contributed by atoms with van der Waals surface area (Å²) in [5.41, 5.74) is 0.207. The van der Waals surface area contributed by atoms with Crippen molar-refractivity contribution in [3.63, 3.8) is 0 Å². The number of carbonyl (C=O) groups is 2. The number of fused-ring (bicyclic) bond motifs is 1. The van der Waals surface area contributed by atoms with Crippen LogP contribution in [-0.4, -0.2) is 85.2 Å². The number of amidine groups is 1. The highest BCUT2D eigenvalue weighted by Crippen LogP contribution is 2.31. The number of nitrogens with one attached hydrogen (secondary N) is 3. The molecule has 1 fully saturated rings. The lowest BCUT2D eigenvalue weighted by Gasteiger charge is -2.33. The van der Waals surface area contributed by atoms with E-state index in [0.717, 1.165) is 12.1 Å². The molecule has 196 valence electrons. The van der Waals surface area contributed by atoms with Gasteiger partial charge in [-0.05, 0) is 12.3 Å². The predicted octanol–water partition coefficient (Wildman–Crippen LogP) is 1.93. The Kier molecular flexibility index (Phi) is 6.20. The number of aromatic nitrogens is 5. The average molecular weight is 510 g/mol. The molecule has 0 aromatic carbocycles. The van der Waals surface area contributed by atoms with Gasteiger partial charge in [-0.2, -0.15) is 5.10 Å². The molecule has 2 amide bonds. The lowest BCUT2D eigenvalue weighted by atomic mass is 9.85. The molecule has 37 heavy (non-hydrogen) atoms. The van der Waals surface area contributed by atoms with E-state index in [2.05, 4.69) is 35.7 Å². The van der Waals surface area contributed by atoms with Gasteiger partial charge in [-0.3, -0.25) is 19.3 Å². The highest BCUT2D eigenvalue weighted by Gasteiger charge is 2.48. The van der Waals surface area contributed by atoms with Gasteiger partial charge in [0, 0.05) is 44.0 Å². The zero-order valence-corrected chi connectivity index (χ0v) is 21.5. The monoisotopic (exact) mass is 509 g/mol. The standard InChI is InChI=1S/C25H32FN9O2/c1-5-35-13-15(10-31-35)17-12-30-20-18(32-17)16(11-29-20)21(36)33-19(24(2,3)4)22(37)34-9-6-25(26,14-34)23-27-7-8-28-23/h10-13,19H,5-9,14H2,1-4H3,(H,27,28)(H,29,30)(H,33,36)/t19?,25-/m1/s1. The van der Waals surface area contributed by atoms with Gasteiger partial charge in [-0.15, -0.1) is 0 Å². The normalized spacial score (nSPS) is 20.7. The zero-order chi connectivity index (χ0) is 26.4. The number of nitrogens with zero attached hydrogens (tertiary/aromatic N) is 6. The molecular weight excluding hydrogens is 477 g/mol. The summed E-state index contributed by atoms with van der Waals surface area (Å²) in [4.78, 5) is 44.8. The molecule has 0 bridgehead atoms. The minimum absolute atomic E-state index is 0.0898. The van der Waals surface area contributed by atoms with Crippen molar-refractivity contribution in [1.29, 1.82) is 0 Å². The van der Waals surface area contributed by atoms with Crippen molar-refractivity contribution in [3.8, 4) is 11.3 Å². The van der Waals surface area contributed by atoms with Crippen molar-refractivity contribution >= 4 is 28.8 Å². The summed E-state index contributed by atoms with van der Waals surface area (Å²) >= 11 is 0. The minimum atomic E-state index is -1.69. The fraction of sp³-hybridized carbons (Fsp3) is 0.520. The maximum absolute atomic E-state index is 15.6. The van der Waals surface area contributed by atoms with Crippen LogP contribution in [0.2, 0.25) is 0 Å². The van der Waals surface area contributed by atoms with Gasteiger partial charge in [-0.25, -0.2) is 14.4 Å². The second-order valence-electron chi connectivity index (χ2n) is 10.6. The van der Waals surface area contributed by atoms with Crippen molar-refractivity contribution in [2.24, 2.45) is 10.4 Å². The van der Waals surface area contributed by atoms with E-state index in [9.17, 15) is 9.59 Å². The van der Waals surface area contributed by atoms with Crippen LogP contribution in [0.4, 0.5) is 4.39 Å². The van der Waals surface area contributed by atoms with Crippen molar-refractivity contribution in [2.45, 2.75) is 52.4 Å². The van der Waals surface area contributed by atoms with E-state index < -0.39 is 23.0 Å². The average Bonchev–Trinajstić information content (AvgIpc) is 3.66. The summed E-state index contributed by atoms with van der Waals surface area (Å²) in [6.07, 6.45) is 6.90. The molecule has 0 saturated carbocycles. The number of aliphatic imine (C=N–C) groups is 1. The van der Waals surface area contributed by atoms with Crippen LogP contribution in [0.5, 0.6) is 0 Å². The quantitative estimate of drug-likeness (QED) is 0.465. The number of rotatable bonds is 6. The second kappa shape index (κ2) is 9.24. The van der Waals surface area contributed by atoms with Crippen molar-refractivity contribution in [3.05, 3.63) is 30.4 Å². The lowest BCUT2D eigenvalue weighted by Crippen LogP contribution is -2.55. The SMILES string of the molecule is CCn1cc(-c2cnc3[nH]cc(C(=O)NC(C(=O)N4CC[C@](F)(C5=NCCN5)C4)C(C)(C)C)c3n2)cn1. The van der Waals surface area contributed by atoms with Gasteiger partial charge in [0.05, 0.1) is 36.7 Å². The number of alkyl halides is 1. The number of amides is 2. The van der Waals surface area contributed by atoms with E-state index >= 15 is 4.39 Å². The summed E-state index contributed by atoms with van der Waals surface area (Å²) < 4.78 is 17.3. The number of hydrogen-bond donors (Lipinski definition) is 3. The molecule has 0 aliphatic carbocycles. The highest BCUT2D eigenvalue weighted by atomic mass is 19.1. The molecule has 1 unspecified atom stereocenters. The summed E-state index contributed by atoms with van der Waals surface area (Å²) in [5.74, 6) is -0.461. The number of halogens is 1. The Bertz CT molecular complexity index is 1370. The van der Waals surface area contributed by atoms with Gasteiger partial charge >= 0.3 is 0 Å². The molecule has 3 aromatic heterocycles. The second-order valence-corrected chi connectivity index (χ2v) is 10.6. The van der Waals surface area contributed by atoms with Gasteiger partial charge < -0.3 is 20.5 Å². The molecule has 2 aliphatic rings. The van der Waals surface area contributed by atoms with Gasteiger partial charge in [0.25, 0.3) is 5.91 Å². The predicted molar refractivity (Wildman–Crippen MR) is 137 cm³/mol. The van der Waals surface area contributed by atoms with E-state index in [4.69, 9.17) is 0 Å². The maximum atomic E-state index is 15.6. The molecule has 3 aromatic rings. The molecule has 11 nitrogen and oxygen atoms in total. The number of aryl methyl sites for hydroxylation is 1. The molecule has 2 atom stereocenters. The number of H-pyrrole nitrogens is 1. The maximum Gasteiger partial charge on any atom is 0.255 e.